The van der Waals surface area contributed by atoms with Gasteiger partial charge in [-0.2, -0.15) is 11.3 Å². The predicted molar refractivity (Wildman–Crippen MR) is 77.3 cm³/mol. The largest absolute Gasteiger partial charge is 0.387 e. The second-order valence-electron chi connectivity index (χ2n) is 4.36. The van der Waals surface area contributed by atoms with Gasteiger partial charge in [0.25, 0.3) is 0 Å². The van der Waals surface area contributed by atoms with Crippen molar-refractivity contribution in [2.45, 2.75) is 6.10 Å². The summed E-state index contributed by atoms with van der Waals surface area (Å²) in [6.07, 6.45) is -0.939. The number of halogens is 2. The Hall–Kier alpha value is -2.32. The molecule has 1 unspecified atom stereocenters. The highest BCUT2D eigenvalue weighted by atomic mass is 32.1. The van der Waals surface area contributed by atoms with Gasteiger partial charge in [-0.3, -0.25) is 9.59 Å². The Morgan fingerprint density at radius 2 is 2.00 bits per heavy atom. The molecule has 8 heteroatoms. The fourth-order valence-electron chi connectivity index (χ4n) is 1.62. The van der Waals surface area contributed by atoms with Crippen molar-refractivity contribution in [2.24, 2.45) is 0 Å². The second-order valence-corrected chi connectivity index (χ2v) is 5.14. The molecule has 0 saturated heterocycles. The molecule has 0 bridgehead atoms. The molecule has 1 aromatic heterocycles. The normalized spacial score (nSPS) is 11.8. The van der Waals surface area contributed by atoms with Crippen molar-refractivity contribution >= 4 is 28.8 Å². The van der Waals surface area contributed by atoms with Crippen LogP contribution in [0.25, 0.3) is 0 Å². The van der Waals surface area contributed by atoms with Crippen LogP contribution in [0.5, 0.6) is 0 Å². The minimum absolute atomic E-state index is 0.158. The highest BCUT2D eigenvalue weighted by molar-refractivity contribution is 7.07. The summed E-state index contributed by atoms with van der Waals surface area (Å²) in [6.45, 7) is -0.158. The molecule has 2 amide bonds. The number of rotatable bonds is 4. The highest BCUT2D eigenvalue weighted by Crippen LogP contribution is 2.16. The number of carbonyl (C=O) groups excluding carboxylic acids is 2. The van der Waals surface area contributed by atoms with E-state index in [9.17, 15) is 23.5 Å². The third kappa shape index (κ3) is 4.09. The molecule has 2 rings (SSSR count). The van der Waals surface area contributed by atoms with Crippen LogP contribution in [0.2, 0.25) is 0 Å². The van der Waals surface area contributed by atoms with Crippen LogP contribution in [0, 0.1) is 11.6 Å². The summed E-state index contributed by atoms with van der Waals surface area (Å²) in [7, 11) is 0. The molecule has 0 aliphatic rings. The molecule has 5 nitrogen and oxygen atoms in total. The Morgan fingerprint density at radius 3 is 2.64 bits per heavy atom. The van der Waals surface area contributed by atoms with Gasteiger partial charge >= 0.3 is 11.8 Å². The molecule has 1 atom stereocenters. The standard InChI is InChI=1S/C14H12F2N2O3S/c15-9-1-2-11(10(16)5-9)18-14(21)13(20)17-6-12(19)8-3-4-22-7-8/h1-5,7,12,19H,6H2,(H,17,20)(H,18,21). The van der Waals surface area contributed by atoms with Gasteiger partial charge < -0.3 is 15.7 Å². The van der Waals surface area contributed by atoms with Gasteiger partial charge in [-0.05, 0) is 34.5 Å². The number of thiophene rings is 1. The fourth-order valence-corrected chi connectivity index (χ4v) is 2.33. The van der Waals surface area contributed by atoms with Crippen LogP contribution in [-0.4, -0.2) is 23.5 Å². The van der Waals surface area contributed by atoms with Crippen LogP contribution in [0.3, 0.4) is 0 Å². The molecule has 1 aromatic carbocycles. The smallest absolute Gasteiger partial charge is 0.313 e. The van der Waals surface area contributed by atoms with Gasteiger partial charge in [0.1, 0.15) is 11.6 Å². The maximum atomic E-state index is 13.3. The van der Waals surface area contributed by atoms with Crippen molar-refractivity contribution in [2.75, 3.05) is 11.9 Å². The van der Waals surface area contributed by atoms with E-state index in [1.807, 2.05) is 5.32 Å². The van der Waals surface area contributed by atoms with Gasteiger partial charge in [-0.1, -0.05) is 0 Å². The van der Waals surface area contributed by atoms with E-state index in [1.54, 1.807) is 16.8 Å². The zero-order chi connectivity index (χ0) is 16.1. The van der Waals surface area contributed by atoms with E-state index in [0.29, 0.717) is 11.6 Å². The summed E-state index contributed by atoms with van der Waals surface area (Å²) in [5, 5.41) is 17.5. The Kier molecular flexibility index (Phi) is 5.18. The van der Waals surface area contributed by atoms with Crippen LogP contribution in [0.1, 0.15) is 11.7 Å². The lowest BCUT2D eigenvalue weighted by atomic mass is 10.2. The number of carbonyl (C=O) groups is 2. The lowest BCUT2D eigenvalue weighted by Gasteiger charge is -2.11. The fraction of sp³-hybridized carbons (Fsp3) is 0.143. The van der Waals surface area contributed by atoms with E-state index in [4.69, 9.17) is 0 Å². The van der Waals surface area contributed by atoms with Gasteiger partial charge in [0.15, 0.2) is 0 Å². The summed E-state index contributed by atoms with van der Waals surface area (Å²) in [5.41, 5.74) is 0.315. The van der Waals surface area contributed by atoms with Crippen molar-refractivity contribution in [1.29, 1.82) is 0 Å². The summed E-state index contributed by atoms with van der Waals surface area (Å²) in [6, 6.07) is 4.25. The first-order chi connectivity index (χ1) is 10.5. The molecule has 2 aromatic rings. The lowest BCUT2D eigenvalue weighted by Crippen LogP contribution is -2.37. The average Bonchev–Trinajstić information content (AvgIpc) is 3.01. The molecular formula is C14H12F2N2O3S. The molecule has 0 aliphatic heterocycles. The first-order valence-corrected chi connectivity index (χ1v) is 7.16. The van der Waals surface area contributed by atoms with E-state index in [1.165, 1.54) is 11.3 Å². The van der Waals surface area contributed by atoms with Gasteiger partial charge in [0, 0.05) is 12.6 Å². The second kappa shape index (κ2) is 7.10. The molecule has 116 valence electrons. The maximum Gasteiger partial charge on any atom is 0.313 e. The zero-order valence-electron chi connectivity index (χ0n) is 11.2. The third-order valence-electron chi connectivity index (χ3n) is 2.77. The van der Waals surface area contributed by atoms with E-state index >= 15 is 0 Å². The van der Waals surface area contributed by atoms with Crippen molar-refractivity contribution in [1.82, 2.24) is 5.32 Å². The highest BCUT2D eigenvalue weighted by Gasteiger charge is 2.17. The number of hydrogen-bond acceptors (Lipinski definition) is 4. The molecular weight excluding hydrogens is 314 g/mol. The van der Waals surface area contributed by atoms with Crippen molar-refractivity contribution in [3.05, 3.63) is 52.2 Å². The van der Waals surface area contributed by atoms with Crippen molar-refractivity contribution < 1.29 is 23.5 Å². The Bertz CT molecular complexity index is 677. The minimum Gasteiger partial charge on any atom is -0.387 e. The SMILES string of the molecule is O=C(NCC(O)c1ccsc1)C(=O)Nc1ccc(F)cc1F. The Labute approximate surface area is 128 Å². The molecule has 0 spiro atoms. The van der Waals surface area contributed by atoms with Crippen LogP contribution < -0.4 is 10.6 Å². The third-order valence-corrected chi connectivity index (χ3v) is 3.47. The number of hydrogen-bond donors (Lipinski definition) is 3. The van der Waals surface area contributed by atoms with Crippen molar-refractivity contribution in [3.63, 3.8) is 0 Å². The maximum absolute atomic E-state index is 13.3. The van der Waals surface area contributed by atoms with Crippen LogP contribution in [0.15, 0.2) is 35.0 Å². The summed E-state index contributed by atoms with van der Waals surface area (Å²) in [4.78, 5) is 23.2. The minimum atomic E-state index is -1.11. The molecule has 0 radical (unpaired) electrons. The molecule has 0 saturated carbocycles. The van der Waals surface area contributed by atoms with E-state index in [2.05, 4.69) is 5.32 Å². The van der Waals surface area contributed by atoms with Crippen LogP contribution in [0.4, 0.5) is 14.5 Å². The van der Waals surface area contributed by atoms with Gasteiger partial charge in [-0.15, -0.1) is 0 Å². The monoisotopic (exact) mass is 326 g/mol. The first kappa shape index (κ1) is 16.1. The topological polar surface area (TPSA) is 78.4 Å². The van der Waals surface area contributed by atoms with E-state index in [0.717, 1.165) is 12.1 Å². The zero-order valence-corrected chi connectivity index (χ0v) is 12.0. The number of benzene rings is 1. The van der Waals surface area contributed by atoms with Crippen LogP contribution >= 0.6 is 11.3 Å². The lowest BCUT2D eigenvalue weighted by molar-refractivity contribution is -0.136. The van der Waals surface area contributed by atoms with Crippen LogP contribution in [-0.2, 0) is 9.59 Å². The first-order valence-electron chi connectivity index (χ1n) is 6.22. The van der Waals surface area contributed by atoms with Gasteiger partial charge in [-0.25, -0.2) is 8.78 Å². The summed E-state index contributed by atoms with van der Waals surface area (Å²) < 4.78 is 26.1. The average molecular weight is 326 g/mol. The Balaban J connectivity index is 1.88. The molecule has 3 N–H and O–H groups in total. The number of anilines is 1. The van der Waals surface area contributed by atoms with Gasteiger partial charge in [0.2, 0.25) is 0 Å². The van der Waals surface area contributed by atoms with E-state index < -0.39 is 29.6 Å². The number of amides is 2. The predicted octanol–water partition coefficient (Wildman–Crippen LogP) is 1.81. The number of aliphatic hydroxyl groups is 1. The molecule has 0 aliphatic carbocycles. The molecule has 0 fully saturated rings. The van der Waals surface area contributed by atoms with Crippen molar-refractivity contribution in [3.8, 4) is 0 Å². The van der Waals surface area contributed by atoms with Gasteiger partial charge in [0.05, 0.1) is 11.8 Å². The molecule has 22 heavy (non-hydrogen) atoms. The van der Waals surface area contributed by atoms with E-state index in [-0.39, 0.29) is 12.2 Å². The number of aliphatic hydroxyl groups excluding tert-OH is 1. The summed E-state index contributed by atoms with van der Waals surface area (Å²) >= 11 is 1.39. The molecule has 1 heterocycles. The Morgan fingerprint density at radius 1 is 1.23 bits per heavy atom. The quantitative estimate of drug-likeness (QED) is 0.750. The summed E-state index contributed by atoms with van der Waals surface area (Å²) in [5.74, 6) is -3.92. The number of nitrogens with one attached hydrogen (secondary N) is 2.